The standard InChI is InChI=1S/C10H22N2O/c1-5-6-11-9(4)10(13)12-7-8(2)3/h8-9,11H,5-7H2,1-4H3,(H,12,13). The average Bonchev–Trinajstić information content (AvgIpc) is 2.10. The molecule has 3 nitrogen and oxygen atoms in total. The van der Waals surface area contributed by atoms with Gasteiger partial charge in [-0.25, -0.2) is 0 Å². The van der Waals surface area contributed by atoms with Crippen LogP contribution in [0.3, 0.4) is 0 Å². The lowest BCUT2D eigenvalue weighted by molar-refractivity contribution is -0.122. The SMILES string of the molecule is CCCNC(C)C(=O)NCC(C)C. The Bertz CT molecular complexity index is 146. The topological polar surface area (TPSA) is 41.1 Å². The largest absolute Gasteiger partial charge is 0.354 e. The molecule has 0 aliphatic rings. The maximum atomic E-state index is 11.4. The molecule has 13 heavy (non-hydrogen) atoms. The van der Waals surface area contributed by atoms with E-state index in [-0.39, 0.29) is 11.9 Å². The summed E-state index contributed by atoms with van der Waals surface area (Å²) in [4.78, 5) is 11.4. The Morgan fingerprint density at radius 1 is 1.31 bits per heavy atom. The second kappa shape index (κ2) is 6.89. The van der Waals surface area contributed by atoms with Crippen molar-refractivity contribution in [1.82, 2.24) is 10.6 Å². The highest BCUT2D eigenvalue weighted by Crippen LogP contribution is 1.89. The Balaban J connectivity index is 3.57. The molecule has 78 valence electrons. The molecule has 0 saturated carbocycles. The third-order valence-electron chi connectivity index (χ3n) is 1.78. The lowest BCUT2D eigenvalue weighted by atomic mass is 10.2. The Morgan fingerprint density at radius 2 is 1.92 bits per heavy atom. The number of rotatable bonds is 6. The first kappa shape index (κ1) is 12.4. The van der Waals surface area contributed by atoms with Gasteiger partial charge >= 0.3 is 0 Å². The fourth-order valence-electron chi connectivity index (χ4n) is 0.911. The number of amides is 1. The van der Waals surface area contributed by atoms with Crippen molar-refractivity contribution in [2.75, 3.05) is 13.1 Å². The van der Waals surface area contributed by atoms with Crippen molar-refractivity contribution in [3.05, 3.63) is 0 Å². The van der Waals surface area contributed by atoms with E-state index < -0.39 is 0 Å². The van der Waals surface area contributed by atoms with Crippen molar-refractivity contribution in [2.24, 2.45) is 5.92 Å². The zero-order valence-corrected chi connectivity index (χ0v) is 9.18. The van der Waals surface area contributed by atoms with Gasteiger partial charge < -0.3 is 10.6 Å². The third kappa shape index (κ3) is 6.58. The third-order valence-corrected chi connectivity index (χ3v) is 1.78. The summed E-state index contributed by atoms with van der Waals surface area (Å²) in [5.41, 5.74) is 0. The summed E-state index contributed by atoms with van der Waals surface area (Å²) in [5.74, 6) is 0.615. The van der Waals surface area contributed by atoms with Gasteiger partial charge in [0, 0.05) is 6.54 Å². The van der Waals surface area contributed by atoms with Crippen LogP contribution in [-0.2, 0) is 4.79 Å². The molecule has 3 heteroatoms. The lowest BCUT2D eigenvalue weighted by Crippen LogP contribution is -2.43. The van der Waals surface area contributed by atoms with Crippen LogP contribution in [0.5, 0.6) is 0 Å². The highest BCUT2D eigenvalue weighted by atomic mass is 16.2. The van der Waals surface area contributed by atoms with Gasteiger partial charge in [0.1, 0.15) is 0 Å². The molecule has 0 aliphatic carbocycles. The molecule has 0 saturated heterocycles. The van der Waals surface area contributed by atoms with Gasteiger partial charge in [0.05, 0.1) is 6.04 Å². The first-order chi connectivity index (χ1) is 6.07. The first-order valence-corrected chi connectivity index (χ1v) is 5.09. The maximum absolute atomic E-state index is 11.4. The van der Waals surface area contributed by atoms with Crippen molar-refractivity contribution in [3.63, 3.8) is 0 Å². The van der Waals surface area contributed by atoms with E-state index in [1.54, 1.807) is 0 Å². The summed E-state index contributed by atoms with van der Waals surface area (Å²) >= 11 is 0. The van der Waals surface area contributed by atoms with Crippen molar-refractivity contribution >= 4 is 5.91 Å². The molecule has 0 heterocycles. The molecule has 0 rings (SSSR count). The second-order valence-electron chi connectivity index (χ2n) is 3.81. The molecule has 1 unspecified atom stereocenters. The minimum atomic E-state index is -0.0706. The maximum Gasteiger partial charge on any atom is 0.236 e. The number of carbonyl (C=O) groups excluding carboxylic acids is 1. The van der Waals surface area contributed by atoms with Crippen molar-refractivity contribution in [3.8, 4) is 0 Å². The fourth-order valence-corrected chi connectivity index (χ4v) is 0.911. The molecule has 0 aromatic rings. The molecular weight excluding hydrogens is 164 g/mol. The van der Waals surface area contributed by atoms with Crippen LogP contribution in [0.1, 0.15) is 34.1 Å². The molecular formula is C10H22N2O. The van der Waals surface area contributed by atoms with Crippen LogP contribution in [0, 0.1) is 5.92 Å². The Labute approximate surface area is 81.3 Å². The first-order valence-electron chi connectivity index (χ1n) is 5.09. The Morgan fingerprint density at radius 3 is 2.38 bits per heavy atom. The zero-order valence-electron chi connectivity index (χ0n) is 9.18. The fraction of sp³-hybridized carbons (Fsp3) is 0.900. The van der Waals surface area contributed by atoms with Crippen molar-refractivity contribution in [2.45, 2.75) is 40.2 Å². The van der Waals surface area contributed by atoms with Gasteiger partial charge in [0.15, 0.2) is 0 Å². The van der Waals surface area contributed by atoms with Gasteiger partial charge in [-0.1, -0.05) is 20.8 Å². The summed E-state index contributed by atoms with van der Waals surface area (Å²) in [5, 5.41) is 6.03. The van der Waals surface area contributed by atoms with Crippen LogP contribution in [0.25, 0.3) is 0 Å². The zero-order chi connectivity index (χ0) is 10.3. The van der Waals surface area contributed by atoms with Crippen molar-refractivity contribution < 1.29 is 4.79 Å². The van der Waals surface area contributed by atoms with Gasteiger partial charge in [-0.05, 0) is 25.8 Å². The van der Waals surface area contributed by atoms with Crippen LogP contribution in [0.4, 0.5) is 0 Å². The summed E-state index contributed by atoms with van der Waals surface area (Å²) in [6, 6.07) is -0.0706. The smallest absolute Gasteiger partial charge is 0.236 e. The van der Waals surface area contributed by atoms with Crippen LogP contribution in [0.2, 0.25) is 0 Å². The van der Waals surface area contributed by atoms with Crippen LogP contribution in [0.15, 0.2) is 0 Å². The minimum Gasteiger partial charge on any atom is -0.354 e. The number of nitrogens with one attached hydrogen (secondary N) is 2. The highest BCUT2D eigenvalue weighted by Gasteiger charge is 2.10. The van der Waals surface area contributed by atoms with Gasteiger partial charge in [0.2, 0.25) is 5.91 Å². The molecule has 0 aliphatic heterocycles. The predicted molar refractivity (Wildman–Crippen MR) is 55.6 cm³/mol. The van der Waals surface area contributed by atoms with E-state index in [2.05, 4.69) is 31.4 Å². The molecule has 0 fully saturated rings. The van der Waals surface area contributed by atoms with Crippen LogP contribution < -0.4 is 10.6 Å². The van der Waals surface area contributed by atoms with E-state index in [1.807, 2.05) is 6.92 Å². The van der Waals surface area contributed by atoms with Gasteiger partial charge in [-0.15, -0.1) is 0 Å². The summed E-state index contributed by atoms with van der Waals surface area (Å²) in [6.45, 7) is 9.82. The van der Waals surface area contributed by atoms with E-state index in [4.69, 9.17) is 0 Å². The monoisotopic (exact) mass is 186 g/mol. The Kier molecular flexibility index (Phi) is 6.59. The normalized spacial score (nSPS) is 13.0. The van der Waals surface area contributed by atoms with E-state index in [0.717, 1.165) is 19.5 Å². The second-order valence-corrected chi connectivity index (χ2v) is 3.81. The van der Waals surface area contributed by atoms with E-state index >= 15 is 0 Å². The molecule has 2 N–H and O–H groups in total. The van der Waals surface area contributed by atoms with Crippen LogP contribution in [-0.4, -0.2) is 25.0 Å². The quantitative estimate of drug-likeness (QED) is 0.653. The summed E-state index contributed by atoms with van der Waals surface area (Å²) in [6.07, 6.45) is 1.06. The van der Waals surface area contributed by atoms with Gasteiger partial charge in [0.25, 0.3) is 0 Å². The molecule has 0 aromatic carbocycles. The van der Waals surface area contributed by atoms with E-state index in [9.17, 15) is 4.79 Å². The number of hydrogen-bond donors (Lipinski definition) is 2. The Hall–Kier alpha value is -0.570. The molecule has 0 spiro atoms. The molecule has 1 amide bonds. The predicted octanol–water partition coefficient (Wildman–Crippen LogP) is 1.15. The van der Waals surface area contributed by atoms with Crippen LogP contribution >= 0.6 is 0 Å². The lowest BCUT2D eigenvalue weighted by Gasteiger charge is -2.14. The van der Waals surface area contributed by atoms with E-state index in [1.165, 1.54) is 0 Å². The molecule has 0 bridgehead atoms. The molecule has 0 radical (unpaired) electrons. The molecule has 0 aromatic heterocycles. The molecule has 1 atom stereocenters. The average molecular weight is 186 g/mol. The highest BCUT2D eigenvalue weighted by molar-refractivity contribution is 5.81. The van der Waals surface area contributed by atoms with Gasteiger partial charge in [-0.2, -0.15) is 0 Å². The van der Waals surface area contributed by atoms with Gasteiger partial charge in [-0.3, -0.25) is 4.79 Å². The van der Waals surface area contributed by atoms with Crippen molar-refractivity contribution in [1.29, 1.82) is 0 Å². The minimum absolute atomic E-state index is 0.0706. The summed E-state index contributed by atoms with van der Waals surface area (Å²) in [7, 11) is 0. The summed E-state index contributed by atoms with van der Waals surface area (Å²) < 4.78 is 0. The van der Waals surface area contributed by atoms with E-state index in [0.29, 0.717) is 5.92 Å². The number of carbonyl (C=O) groups is 1. The number of hydrogen-bond acceptors (Lipinski definition) is 2.